The van der Waals surface area contributed by atoms with Gasteiger partial charge in [-0.1, -0.05) is 0 Å². The Morgan fingerprint density at radius 1 is 1.13 bits per heavy atom. The van der Waals surface area contributed by atoms with E-state index < -0.39 is 43.0 Å². The first kappa shape index (κ1) is 27.5. The second-order valence-electron chi connectivity index (χ2n) is 10.5. The van der Waals surface area contributed by atoms with Crippen molar-refractivity contribution in [2.75, 3.05) is 12.4 Å². The first-order valence-corrected chi connectivity index (χ1v) is 14.6. The number of aryl methyl sites for hydroxylation is 1. The maximum Gasteiger partial charge on any atom is 0.417 e. The zero-order valence-corrected chi connectivity index (χ0v) is 24.6. The number of halogens is 5. The average Bonchev–Trinajstić information content (AvgIpc) is 3.77. The van der Waals surface area contributed by atoms with Gasteiger partial charge in [-0.3, -0.25) is 14.1 Å². The number of alkyl halides is 5. The number of amides is 1. The van der Waals surface area contributed by atoms with Crippen LogP contribution in [0.1, 0.15) is 46.3 Å². The molecule has 1 fully saturated rings. The molecule has 0 spiro atoms. The predicted molar refractivity (Wildman–Crippen MR) is 161 cm³/mol. The van der Waals surface area contributed by atoms with Crippen molar-refractivity contribution in [3.05, 3.63) is 75.9 Å². The average molecular weight is 663 g/mol. The van der Waals surface area contributed by atoms with Crippen molar-refractivity contribution in [2.24, 2.45) is 6.98 Å². The lowest BCUT2D eigenvalue weighted by Gasteiger charge is -2.15. The predicted octanol–water partition coefficient (Wildman–Crippen LogP) is 7.07. The normalized spacial score (nSPS) is 17.9. The Hall–Kier alpha value is -4.86. The summed E-state index contributed by atoms with van der Waals surface area (Å²) in [6.45, 7) is -2.86. The number of nitrogens with one attached hydrogen (secondary N) is 2. The number of methoxy groups -OCH3 is 1. The van der Waals surface area contributed by atoms with E-state index in [2.05, 4.69) is 30.3 Å². The molecular weight excluding hydrogens is 633 g/mol. The van der Waals surface area contributed by atoms with E-state index in [0.29, 0.717) is 23.8 Å². The monoisotopic (exact) mass is 662 g/mol. The molecule has 16 heteroatoms. The summed E-state index contributed by atoms with van der Waals surface area (Å²) in [6, 6.07) is 6.64. The first-order chi connectivity index (χ1) is 23.1. The second kappa shape index (κ2) is 12.2. The SMILES string of the molecule is [2H]C([2H])([2H])n1c(=O)n([C@@H]2CC[C@@H](NC(=O)OC)C2)c2cc(Nc3cc(-c4cnccc4C(F)(F)F)cc(-c4ccc(C(F)F)s4)n3)ncc21. The van der Waals surface area contributed by atoms with E-state index in [1.807, 2.05) is 0 Å². The van der Waals surface area contributed by atoms with Crippen molar-refractivity contribution in [3.63, 3.8) is 0 Å². The Bertz CT molecular complexity index is 2100. The summed E-state index contributed by atoms with van der Waals surface area (Å²) < 4.78 is 99.4. The molecule has 5 aromatic heterocycles. The van der Waals surface area contributed by atoms with Gasteiger partial charge in [0, 0.05) is 47.2 Å². The highest BCUT2D eigenvalue weighted by Gasteiger charge is 2.34. The summed E-state index contributed by atoms with van der Waals surface area (Å²) in [7, 11) is 1.22. The first-order valence-electron chi connectivity index (χ1n) is 15.3. The molecule has 5 heterocycles. The third kappa shape index (κ3) is 6.03. The molecule has 240 valence electrons. The van der Waals surface area contributed by atoms with Crippen LogP contribution in [0.25, 0.3) is 32.7 Å². The van der Waals surface area contributed by atoms with Gasteiger partial charge in [-0.05, 0) is 55.2 Å². The van der Waals surface area contributed by atoms with E-state index >= 15 is 0 Å². The summed E-state index contributed by atoms with van der Waals surface area (Å²) in [5.74, 6) is 0.0409. The number of thiophene rings is 1. The van der Waals surface area contributed by atoms with E-state index in [1.54, 1.807) is 0 Å². The molecule has 0 saturated heterocycles. The van der Waals surface area contributed by atoms with Crippen molar-refractivity contribution < 1.29 is 35.6 Å². The van der Waals surface area contributed by atoms with Gasteiger partial charge < -0.3 is 15.4 Å². The van der Waals surface area contributed by atoms with Crippen LogP contribution in [0.15, 0.2) is 59.8 Å². The Kier molecular flexibility index (Phi) is 7.25. The minimum absolute atomic E-state index is 0.00520. The molecule has 1 aliphatic rings. The number of pyridine rings is 3. The highest BCUT2D eigenvalue weighted by atomic mass is 32.1. The lowest BCUT2D eigenvalue weighted by atomic mass is 10.0. The van der Waals surface area contributed by atoms with Gasteiger partial charge in [0.2, 0.25) is 0 Å². The molecule has 2 atom stereocenters. The number of aromatic nitrogens is 5. The van der Waals surface area contributed by atoms with Gasteiger partial charge in [0.1, 0.15) is 11.6 Å². The van der Waals surface area contributed by atoms with Crippen LogP contribution in [-0.4, -0.2) is 43.3 Å². The van der Waals surface area contributed by atoms with Crippen LogP contribution in [0.4, 0.5) is 38.4 Å². The smallest absolute Gasteiger partial charge is 0.417 e. The maximum absolute atomic E-state index is 14.0. The van der Waals surface area contributed by atoms with Crippen LogP contribution in [0.2, 0.25) is 0 Å². The number of imidazole rings is 1. The Morgan fingerprint density at radius 3 is 2.67 bits per heavy atom. The molecule has 0 aliphatic heterocycles. The Labute approximate surface area is 266 Å². The number of nitrogens with zero attached hydrogens (tertiary/aromatic N) is 5. The van der Waals surface area contributed by atoms with Crippen molar-refractivity contribution in [3.8, 4) is 21.7 Å². The fourth-order valence-corrected chi connectivity index (χ4v) is 6.40. The van der Waals surface area contributed by atoms with Crippen LogP contribution in [-0.2, 0) is 17.9 Å². The lowest BCUT2D eigenvalue weighted by molar-refractivity contribution is -0.137. The quantitative estimate of drug-likeness (QED) is 0.179. The summed E-state index contributed by atoms with van der Waals surface area (Å²) in [6.07, 6.45) is -3.69. The van der Waals surface area contributed by atoms with Crippen molar-refractivity contribution >= 4 is 40.1 Å². The summed E-state index contributed by atoms with van der Waals surface area (Å²) in [5.41, 5.74) is -1.75. The van der Waals surface area contributed by atoms with Gasteiger partial charge in [0.25, 0.3) is 6.43 Å². The van der Waals surface area contributed by atoms with Crippen LogP contribution in [0, 0.1) is 0 Å². The van der Waals surface area contributed by atoms with Crippen molar-refractivity contribution in [2.45, 2.75) is 43.9 Å². The van der Waals surface area contributed by atoms with E-state index in [1.165, 1.54) is 48.2 Å². The molecule has 0 radical (unpaired) electrons. The number of alkyl carbamates (subject to hydrolysis) is 1. The zero-order chi connectivity index (χ0) is 35.2. The van der Waals surface area contributed by atoms with Crippen LogP contribution < -0.4 is 16.3 Å². The Morgan fingerprint density at radius 2 is 1.96 bits per heavy atom. The molecular formula is C30H26F5N7O3S. The summed E-state index contributed by atoms with van der Waals surface area (Å²) in [5, 5.41) is 5.62. The number of ether oxygens (including phenoxy) is 1. The molecule has 46 heavy (non-hydrogen) atoms. The number of anilines is 2. The van der Waals surface area contributed by atoms with E-state index in [0.717, 1.165) is 29.8 Å². The molecule has 6 rings (SSSR count). The largest absolute Gasteiger partial charge is 0.453 e. The second-order valence-corrected chi connectivity index (χ2v) is 11.6. The highest BCUT2D eigenvalue weighted by Crippen LogP contribution is 2.40. The van der Waals surface area contributed by atoms with Gasteiger partial charge in [0.05, 0.1) is 45.4 Å². The van der Waals surface area contributed by atoms with Gasteiger partial charge in [-0.25, -0.2) is 28.3 Å². The van der Waals surface area contributed by atoms with E-state index in [4.69, 9.17) is 4.11 Å². The number of hydrogen-bond donors (Lipinski definition) is 2. The topological polar surface area (TPSA) is 116 Å². The minimum atomic E-state index is -4.74. The summed E-state index contributed by atoms with van der Waals surface area (Å²) >= 11 is 0.730. The molecule has 0 unspecified atom stereocenters. The number of carbonyl (C=O) groups is 1. The highest BCUT2D eigenvalue weighted by molar-refractivity contribution is 7.15. The van der Waals surface area contributed by atoms with E-state index in [-0.39, 0.29) is 55.3 Å². The molecule has 1 aliphatic carbocycles. The van der Waals surface area contributed by atoms with Gasteiger partial charge in [0.15, 0.2) is 0 Å². The van der Waals surface area contributed by atoms with Gasteiger partial charge >= 0.3 is 18.0 Å². The number of hydrogen-bond acceptors (Lipinski definition) is 8. The van der Waals surface area contributed by atoms with Crippen molar-refractivity contribution in [1.29, 1.82) is 0 Å². The van der Waals surface area contributed by atoms with Crippen LogP contribution in [0.3, 0.4) is 0 Å². The number of fused-ring (bicyclic) bond motifs is 1. The number of carbonyl (C=O) groups excluding carboxylic acids is 1. The van der Waals surface area contributed by atoms with E-state index in [9.17, 15) is 31.5 Å². The fraction of sp³-hybridized carbons (Fsp3) is 0.300. The molecule has 0 bridgehead atoms. The molecule has 5 aromatic rings. The van der Waals surface area contributed by atoms with Gasteiger partial charge in [-0.2, -0.15) is 13.2 Å². The molecule has 2 N–H and O–H groups in total. The molecule has 0 aromatic carbocycles. The number of rotatable bonds is 7. The molecule has 10 nitrogen and oxygen atoms in total. The molecule has 1 saturated carbocycles. The third-order valence-corrected chi connectivity index (χ3v) is 8.77. The van der Waals surface area contributed by atoms with Crippen LogP contribution >= 0.6 is 11.3 Å². The lowest BCUT2D eigenvalue weighted by Crippen LogP contribution is -2.33. The van der Waals surface area contributed by atoms with Gasteiger partial charge in [-0.15, -0.1) is 11.3 Å². The Balaban J connectivity index is 1.45. The third-order valence-electron chi connectivity index (χ3n) is 7.65. The van der Waals surface area contributed by atoms with Crippen molar-refractivity contribution in [1.82, 2.24) is 29.4 Å². The maximum atomic E-state index is 14.0. The summed E-state index contributed by atoms with van der Waals surface area (Å²) in [4.78, 5) is 38.0. The fourth-order valence-electron chi connectivity index (χ4n) is 5.57. The molecule has 1 amide bonds. The standard InChI is InChI=1S/C30H26F5N7O3S/c1-41-22-14-37-25(12-21(22)42(29(41)44)17-4-3-16(11-17)38-28(43)45-2)40-26-10-15(18-13-36-8-7-19(18)30(33,34)35)9-20(39-26)23-5-6-24(46-23)27(31)32/h5-10,12-14,16-17,27H,3-4,11H2,1-2H3,(H,38,43)(H,37,39,40)/t16-,17-/m1/s1/i1D3. The zero-order valence-electron chi connectivity index (χ0n) is 26.8. The van der Waals surface area contributed by atoms with Crippen LogP contribution in [0.5, 0.6) is 0 Å². The minimum Gasteiger partial charge on any atom is -0.453 e.